The highest BCUT2D eigenvalue weighted by molar-refractivity contribution is 9.10. The molecule has 1 aromatic heterocycles. The molecule has 1 aromatic rings. The monoisotopic (exact) mass is 356 g/mol. The number of carbonyl (C=O) groups is 1. The Hall–Kier alpha value is -1.30. The molecule has 0 aromatic carbocycles. The molecule has 1 aliphatic heterocycles. The van der Waals surface area contributed by atoms with Gasteiger partial charge in [0.25, 0.3) is 0 Å². The van der Waals surface area contributed by atoms with E-state index in [1.165, 1.54) is 0 Å². The Labute approximate surface area is 133 Å². The zero-order valence-electron chi connectivity index (χ0n) is 12.9. The van der Waals surface area contributed by atoms with Gasteiger partial charge in [0.05, 0.1) is 7.11 Å². The van der Waals surface area contributed by atoms with Crippen LogP contribution in [-0.4, -0.2) is 41.8 Å². The number of halogens is 1. The molecule has 21 heavy (non-hydrogen) atoms. The van der Waals surface area contributed by atoms with E-state index in [9.17, 15) is 4.79 Å². The van der Waals surface area contributed by atoms with E-state index >= 15 is 0 Å². The molecule has 6 heteroatoms. The van der Waals surface area contributed by atoms with Gasteiger partial charge in [0, 0.05) is 35.2 Å². The minimum Gasteiger partial charge on any atom is -0.481 e. The van der Waals surface area contributed by atoms with Crippen molar-refractivity contribution in [1.29, 1.82) is 0 Å². The predicted octanol–water partition coefficient (Wildman–Crippen LogP) is 3.58. The van der Waals surface area contributed by atoms with Crippen molar-refractivity contribution in [1.82, 2.24) is 9.88 Å². The van der Waals surface area contributed by atoms with Gasteiger partial charge >= 0.3 is 6.09 Å². The van der Waals surface area contributed by atoms with Crippen molar-refractivity contribution in [3.8, 4) is 5.88 Å². The molecule has 2 heterocycles. The molecule has 0 saturated carbocycles. The minimum atomic E-state index is -0.468. The number of nitrogens with zero attached hydrogens (tertiary/aromatic N) is 2. The molecule has 116 valence electrons. The van der Waals surface area contributed by atoms with Crippen molar-refractivity contribution >= 4 is 22.0 Å². The zero-order valence-corrected chi connectivity index (χ0v) is 14.4. The first-order valence-corrected chi connectivity index (χ1v) is 7.77. The summed E-state index contributed by atoms with van der Waals surface area (Å²) >= 11 is 3.43. The lowest BCUT2D eigenvalue weighted by molar-refractivity contribution is 0.0292. The summed E-state index contributed by atoms with van der Waals surface area (Å²) in [6, 6.07) is 2.01. The summed E-state index contributed by atoms with van der Waals surface area (Å²) < 4.78 is 11.7. The summed E-state index contributed by atoms with van der Waals surface area (Å²) in [5.41, 5.74) is 0.558. The van der Waals surface area contributed by atoms with E-state index in [1.54, 1.807) is 18.2 Å². The van der Waals surface area contributed by atoms with Gasteiger partial charge < -0.3 is 14.4 Å². The lowest BCUT2D eigenvalue weighted by Crippen LogP contribution is -2.35. The lowest BCUT2D eigenvalue weighted by Gasteiger charge is -2.24. The van der Waals surface area contributed by atoms with E-state index in [-0.39, 0.29) is 12.0 Å². The Kier molecular flexibility index (Phi) is 4.76. The fraction of sp³-hybridized carbons (Fsp3) is 0.600. The predicted molar refractivity (Wildman–Crippen MR) is 83.7 cm³/mol. The fourth-order valence-electron chi connectivity index (χ4n) is 2.41. The normalized spacial score (nSPS) is 18.7. The first kappa shape index (κ1) is 16.1. The van der Waals surface area contributed by atoms with Crippen LogP contribution in [0.25, 0.3) is 0 Å². The Morgan fingerprint density at radius 2 is 2.19 bits per heavy atom. The number of hydrogen-bond acceptors (Lipinski definition) is 4. The summed E-state index contributed by atoms with van der Waals surface area (Å²) in [4.78, 5) is 18.1. The molecular weight excluding hydrogens is 336 g/mol. The van der Waals surface area contributed by atoms with Crippen molar-refractivity contribution in [2.45, 2.75) is 38.7 Å². The summed E-state index contributed by atoms with van der Waals surface area (Å²) in [5.74, 6) is 0.840. The number of rotatable bonds is 2. The number of likely N-dealkylation sites (tertiary alicyclic amines) is 1. The van der Waals surface area contributed by atoms with Crippen LogP contribution in [-0.2, 0) is 4.74 Å². The van der Waals surface area contributed by atoms with Crippen LogP contribution >= 0.6 is 15.9 Å². The molecular formula is C15H21BrN2O3. The van der Waals surface area contributed by atoms with Crippen LogP contribution in [0.1, 0.15) is 38.7 Å². The van der Waals surface area contributed by atoms with Gasteiger partial charge in [-0.05, 0) is 49.2 Å². The van der Waals surface area contributed by atoms with E-state index in [0.29, 0.717) is 19.0 Å². The van der Waals surface area contributed by atoms with Crippen molar-refractivity contribution in [3.63, 3.8) is 0 Å². The summed E-state index contributed by atoms with van der Waals surface area (Å²) in [6.45, 7) is 6.94. The van der Waals surface area contributed by atoms with Gasteiger partial charge in [-0.2, -0.15) is 0 Å². The van der Waals surface area contributed by atoms with E-state index in [4.69, 9.17) is 9.47 Å². The van der Waals surface area contributed by atoms with Crippen LogP contribution in [0.5, 0.6) is 5.88 Å². The summed E-state index contributed by atoms with van der Waals surface area (Å²) in [6.07, 6.45) is 2.34. The summed E-state index contributed by atoms with van der Waals surface area (Å²) in [7, 11) is 1.61. The van der Waals surface area contributed by atoms with E-state index in [2.05, 4.69) is 20.9 Å². The molecule has 0 radical (unpaired) electrons. The molecule has 2 rings (SSSR count). The maximum Gasteiger partial charge on any atom is 0.410 e. The third-order valence-corrected chi connectivity index (χ3v) is 3.75. The first-order chi connectivity index (χ1) is 9.80. The average Bonchev–Trinajstić information content (AvgIpc) is 2.86. The van der Waals surface area contributed by atoms with E-state index < -0.39 is 5.60 Å². The molecule has 1 atom stereocenters. The highest BCUT2D eigenvalue weighted by Crippen LogP contribution is 2.34. The largest absolute Gasteiger partial charge is 0.481 e. The Bertz CT molecular complexity index is 528. The van der Waals surface area contributed by atoms with Crippen molar-refractivity contribution < 1.29 is 14.3 Å². The van der Waals surface area contributed by atoms with Crippen LogP contribution in [0.2, 0.25) is 0 Å². The summed E-state index contributed by atoms with van der Waals surface area (Å²) in [5, 5.41) is 0. The number of aromatic nitrogens is 1. The molecule has 1 amide bonds. The number of ether oxygens (including phenoxy) is 2. The van der Waals surface area contributed by atoms with Gasteiger partial charge in [0.15, 0.2) is 0 Å². The van der Waals surface area contributed by atoms with Crippen molar-refractivity contribution in [2.24, 2.45) is 0 Å². The number of carbonyl (C=O) groups excluding carboxylic acids is 1. The lowest BCUT2D eigenvalue weighted by atomic mass is 10.00. The first-order valence-electron chi connectivity index (χ1n) is 6.97. The second-order valence-electron chi connectivity index (χ2n) is 6.16. The molecule has 0 bridgehead atoms. The van der Waals surface area contributed by atoms with Crippen LogP contribution in [0, 0.1) is 0 Å². The van der Waals surface area contributed by atoms with Crippen LogP contribution < -0.4 is 4.74 Å². The van der Waals surface area contributed by atoms with Crippen LogP contribution in [0.15, 0.2) is 16.7 Å². The molecule has 5 nitrogen and oxygen atoms in total. The molecule has 1 aliphatic rings. The number of pyridine rings is 1. The smallest absolute Gasteiger partial charge is 0.410 e. The van der Waals surface area contributed by atoms with Gasteiger partial charge in [-0.15, -0.1) is 0 Å². The zero-order chi connectivity index (χ0) is 15.6. The highest BCUT2D eigenvalue weighted by atomic mass is 79.9. The van der Waals surface area contributed by atoms with Crippen molar-refractivity contribution in [2.75, 3.05) is 20.2 Å². The standard InChI is InChI=1S/C15H21BrN2O3/c1-15(2,3)21-14(19)18-6-5-10(9-18)12-7-11(16)8-17-13(12)20-4/h7-8,10H,5-6,9H2,1-4H3. The fourth-order valence-corrected chi connectivity index (χ4v) is 2.76. The molecule has 0 aliphatic carbocycles. The van der Waals surface area contributed by atoms with Gasteiger partial charge in [-0.3, -0.25) is 0 Å². The van der Waals surface area contributed by atoms with Gasteiger partial charge in [0.2, 0.25) is 5.88 Å². The second-order valence-corrected chi connectivity index (χ2v) is 7.08. The maximum absolute atomic E-state index is 12.1. The third kappa shape index (κ3) is 4.09. The topological polar surface area (TPSA) is 51.7 Å². The number of hydrogen-bond donors (Lipinski definition) is 0. The van der Waals surface area contributed by atoms with Gasteiger partial charge in [-0.1, -0.05) is 0 Å². The molecule has 1 fully saturated rings. The number of amides is 1. The Balaban J connectivity index is 2.09. The van der Waals surface area contributed by atoms with Crippen LogP contribution in [0.3, 0.4) is 0 Å². The maximum atomic E-state index is 12.1. The van der Waals surface area contributed by atoms with Crippen LogP contribution in [0.4, 0.5) is 4.79 Å². The van der Waals surface area contributed by atoms with Gasteiger partial charge in [0.1, 0.15) is 5.60 Å². The van der Waals surface area contributed by atoms with Crippen molar-refractivity contribution in [3.05, 3.63) is 22.3 Å². The molecule has 0 N–H and O–H groups in total. The quantitative estimate of drug-likeness (QED) is 0.812. The number of methoxy groups -OCH3 is 1. The average molecular weight is 357 g/mol. The van der Waals surface area contributed by atoms with E-state index in [1.807, 2.05) is 26.8 Å². The Morgan fingerprint density at radius 3 is 2.81 bits per heavy atom. The Morgan fingerprint density at radius 1 is 1.48 bits per heavy atom. The van der Waals surface area contributed by atoms with Gasteiger partial charge in [-0.25, -0.2) is 9.78 Å². The molecule has 1 saturated heterocycles. The SMILES string of the molecule is COc1ncc(Br)cc1C1CCN(C(=O)OC(C)(C)C)C1. The highest BCUT2D eigenvalue weighted by Gasteiger charge is 2.32. The minimum absolute atomic E-state index is 0.220. The third-order valence-electron chi connectivity index (χ3n) is 3.32. The molecule has 1 unspecified atom stereocenters. The second kappa shape index (κ2) is 6.22. The molecule has 0 spiro atoms. The van der Waals surface area contributed by atoms with E-state index in [0.717, 1.165) is 16.5 Å².